The van der Waals surface area contributed by atoms with Crippen LogP contribution in [-0.2, 0) is 4.79 Å². The number of carbonyl (C=O) groups is 1. The van der Waals surface area contributed by atoms with Crippen molar-refractivity contribution < 1.29 is 4.79 Å². The van der Waals surface area contributed by atoms with E-state index in [2.05, 4.69) is 17.2 Å². The van der Waals surface area contributed by atoms with Crippen molar-refractivity contribution in [2.45, 2.75) is 19.8 Å². The van der Waals surface area contributed by atoms with Crippen molar-refractivity contribution in [3.63, 3.8) is 0 Å². The van der Waals surface area contributed by atoms with Crippen molar-refractivity contribution >= 4 is 5.91 Å². The van der Waals surface area contributed by atoms with Crippen molar-refractivity contribution in [3.05, 3.63) is 12.3 Å². The molecular formula is C11H18N2O. The Hall–Kier alpha value is -0.990. The molecule has 1 saturated heterocycles. The van der Waals surface area contributed by atoms with Crippen molar-refractivity contribution in [2.24, 2.45) is 5.92 Å². The van der Waals surface area contributed by atoms with E-state index in [4.69, 9.17) is 0 Å². The van der Waals surface area contributed by atoms with E-state index in [1.807, 2.05) is 11.8 Å². The van der Waals surface area contributed by atoms with Gasteiger partial charge in [-0.1, -0.05) is 6.08 Å². The van der Waals surface area contributed by atoms with E-state index in [-0.39, 0.29) is 0 Å². The van der Waals surface area contributed by atoms with Gasteiger partial charge < -0.3 is 9.80 Å². The monoisotopic (exact) mass is 194 g/mol. The van der Waals surface area contributed by atoms with Crippen LogP contribution in [0, 0.1) is 5.92 Å². The summed E-state index contributed by atoms with van der Waals surface area (Å²) in [5, 5.41) is 0. The Morgan fingerprint density at radius 1 is 1.21 bits per heavy atom. The first-order valence-corrected chi connectivity index (χ1v) is 5.47. The summed E-state index contributed by atoms with van der Waals surface area (Å²) in [7, 11) is 0. The van der Waals surface area contributed by atoms with Gasteiger partial charge in [-0.3, -0.25) is 4.79 Å². The zero-order chi connectivity index (χ0) is 9.97. The molecule has 14 heavy (non-hydrogen) atoms. The second-order valence-corrected chi connectivity index (χ2v) is 4.12. The molecule has 0 aromatic rings. The molecule has 0 bridgehead atoms. The summed E-state index contributed by atoms with van der Waals surface area (Å²) in [5.74, 6) is 0.772. The summed E-state index contributed by atoms with van der Waals surface area (Å²) < 4.78 is 0. The van der Waals surface area contributed by atoms with Gasteiger partial charge in [0.15, 0.2) is 0 Å². The molecule has 0 atom stereocenters. The minimum atomic E-state index is 0.378. The lowest BCUT2D eigenvalue weighted by molar-refractivity contribution is -0.133. The Kier molecular flexibility index (Phi) is 2.75. The molecule has 1 amide bonds. The van der Waals surface area contributed by atoms with Gasteiger partial charge in [-0.05, 0) is 26.0 Å². The first-order chi connectivity index (χ1) is 6.81. The van der Waals surface area contributed by atoms with E-state index in [1.54, 1.807) is 0 Å². The minimum absolute atomic E-state index is 0.378. The largest absolute Gasteiger partial charge is 0.374 e. The van der Waals surface area contributed by atoms with Gasteiger partial charge in [0.1, 0.15) is 0 Å². The fraction of sp³-hybridized carbons (Fsp3) is 0.727. The lowest BCUT2D eigenvalue weighted by Crippen LogP contribution is -2.47. The lowest BCUT2D eigenvalue weighted by Gasteiger charge is -2.34. The highest BCUT2D eigenvalue weighted by Crippen LogP contribution is 2.31. The first kappa shape index (κ1) is 9.56. The number of piperazine rings is 1. The summed E-state index contributed by atoms with van der Waals surface area (Å²) in [6.07, 6.45) is 6.40. The van der Waals surface area contributed by atoms with E-state index in [1.165, 1.54) is 0 Å². The average Bonchev–Trinajstić information content (AvgIpc) is 3.02. The maximum atomic E-state index is 11.7. The normalized spacial score (nSPS) is 23.2. The highest BCUT2D eigenvalue weighted by Gasteiger charge is 2.34. The van der Waals surface area contributed by atoms with Crippen LogP contribution in [0.1, 0.15) is 19.8 Å². The van der Waals surface area contributed by atoms with Gasteiger partial charge in [-0.25, -0.2) is 0 Å². The molecule has 3 heteroatoms. The highest BCUT2D eigenvalue weighted by molar-refractivity contribution is 5.81. The Bertz CT molecular complexity index is 238. The Labute approximate surface area is 85.4 Å². The Morgan fingerprint density at radius 2 is 1.86 bits per heavy atom. The number of allylic oxidation sites excluding steroid dienone is 1. The molecule has 1 aliphatic carbocycles. The third-order valence-corrected chi connectivity index (χ3v) is 2.91. The second-order valence-electron chi connectivity index (χ2n) is 4.12. The maximum absolute atomic E-state index is 11.7. The third-order valence-electron chi connectivity index (χ3n) is 2.91. The zero-order valence-electron chi connectivity index (χ0n) is 8.78. The van der Waals surface area contributed by atoms with E-state index in [0.29, 0.717) is 11.8 Å². The number of rotatable bonds is 2. The highest BCUT2D eigenvalue weighted by atomic mass is 16.2. The van der Waals surface area contributed by atoms with Crippen LogP contribution in [0.25, 0.3) is 0 Å². The van der Waals surface area contributed by atoms with Crippen LogP contribution in [0.15, 0.2) is 12.3 Å². The predicted octanol–water partition coefficient (Wildman–Crippen LogP) is 1.07. The molecule has 1 heterocycles. The quantitative estimate of drug-likeness (QED) is 0.656. The molecule has 0 aromatic heterocycles. The molecule has 2 aliphatic rings. The first-order valence-electron chi connectivity index (χ1n) is 5.47. The minimum Gasteiger partial charge on any atom is -0.374 e. The van der Waals surface area contributed by atoms with Crippen LogP contribution in [0.4, 0.5) is 0 Å². The topological polar surface area (TPSA) is 23.6 Å². The summed E-state index contributed by atoms with van der Waals surface area (Å²) in [5.41, 5.74) is 0. The van der Waals surface area contributed by atoms with Gasteiger partial charge in [0, 0.05) is 32.1 Å². The molecule has 2 rings (SSSR count). The van der Waals surface area contributed by atoms with Gasteiger partial charge >= 0.3 is 0 Å². The van der Waals surface area contributed by atoms with Crippen LogP contribution < -0.4 is 0 Å². The second kappa shape index (κ2) is 4.03. The van der Waals surface area contributed by atoms with Gasteiger partial charge in [-0.15, -0.1) is 0 Å². The molecular weight excluding hydrogens is 176 g/mol. The van der Waals surface area contributed by atoms with Crippen molar-refractivity contribution in [1.82, 2.24) is 9.80 Å². The molecule has 0 unspecified atom stereocenters. The van der Waals surface area contributed by atoms with E-state index >= 15 is 0 Å². The predicted molar refractivity (Wildman–Crippen MR) is 55.7 cm³/mol. The number of carbonyl (C=O) groups excluding carboxylic acids is 1. The molecule has 0 spiro atoms. The van der Waals surface area contributed by atoms with Crippen molar-refractivity contribution in [2.75, 3.05) is 26.2 Å². The summed E-state index contributed by atoms with van der Waals surface area (Å²) in [6, 6.07) is 0. The molecule has 0 radical (unpaired) electrons. The van der Waals surface area contributed by atoms with Gasteiger partial charge in [0.25, 0.3) is 0 Å². The van der Waals surface area contributed by atoms with Crippen molar-refractivity contribution in [3.8, 4) is 0 Å². The summed E-state index contributed by atoms with van der Waals surface area (Å²) in [4.78, 5) is 16.0. The molecule has 0 N–H and O–H groups in total. The molecule has 2 fully saturated rings. The number of hydrogen-bond acceptors (Lipinski definition) is 2. The molecule has 78 valence electrons. The maximum Gasteiger partial charge on any atom is 0.225 e. The third kappa shape index (κ3) is 2.08. The molecule has 1 saturated carbocycles. The average molecular weight is 194 g/mol. The number of hydrogen-bond donors (Lipinski definition) is 0. The van der Waals surface area contributed by atoms with E-state index < -0.39 is 0 Å². The smallest absolute Gasteiger partial charge is 0.225 e. The zero-order valence-corrected chi connectivity index (χ0v) is 8.78. The van der Waals surface area contributed by atoms with Gasteiger partial charge in [-0.2, -0.15) is 0 Å². The SMILES string of the molecule is C/C=C/N1CCN(C(=O)C2CC2)CC1. The standard InChI is InChI=1S/C11H18N2O/c1-2-5-12-6-8-13(9-7-12)11(14)10-3-4-10/h2,5,10H,3-4,6-9H2,1H3/b5-2+. The molecule has 1 aliphatic heterocycles. The van der Waals surface area contributed by atoms with Crippen molar-refractivity contribution in [1.29, 1.82) is 0 Å². The Balaban J connectivity index is 1.80. The van der Waals surface area contributed by atoms with E-state index in [0.717, 1.165) is 39.0 Å². The van der Waals surface area contributed by atoms with E-state index in [9.17, 15) is 4.79 Å². The fourth-order valence-electron chi connectivity index (χ4n) is 1.89. The van der Waals surface area contributed by atoms with Crippen LogP contribution in [0.3, 0.4) is 0 Å². The van der Waals surface area contributed by atoms with Gasteiger partial charge in [0.05, 0.1) is 0 Å². The summed E-state index contributed by atoms with van der Waals surface area (Å²) >= 11 is 0. The number of amides is 1. The van der Waals surface area contributed by atoms with Crippen LogP contribution in [0.2, 0.25) is 0 Å². The molecule has 0 aromatic carbocycles. The molecule has 3 nitrogen and oxygen atoms in total. The Morgan fingerprint density at radius 3 is 2.36 bits per heavy atom. The van der Waals surface area contributed by atoms with Crippen LogP contribution in [-0.4, -0.2) is 41.9 Å². The van der Waals surface area contributed by atoms with Gasteiger partial charge in [0.2, 0.25) is 5.91 Å². The van der Waals surface area contributed by atoms with Crippen LogP contribution in [0.5, 0.6) is 0 Å². The fourth-order valence-corrected chi connectivity index (χ4v) is 1.89. The number of nitrogens with zero attached hydrogens (tertiary/aromatic N) is 2. The lowest BCUT2D eigenvalue weighted by atomic mass is 10.3. The van der Waals surface area contributed by atoms with Crippen LogP contribution >= 0.6 is 0 Å². The summed E-state index contributed by atoms with van der Waals surface area (Å²) in [6.45, 7) is 5.81.